The molecule has 0 radical (unpaired) electrons. The molecule has 0 amide bonds. The van der Waals surface area contributed by atoms with E-state index in [1.165, 1.54) is 161 Å². The smallest absolute Gasteiger partial charge is 0.462 e. The number of phosphoric acid groups is 2. The lowest BCUT2D eigenvalue weighted by molar-refractivity contribution is -0.161. The summed E-state index contributed by atoms with van der Waals surface area (Å²) in [5.74, 6) is 0.184. The molecule has 0 aromatic carbocycles. The quantitative estimate of drug-likeness (QED) is 0.0222. The number of carbonyl (C=O) groups is 4. The van der Waals surface area contributed by atoms with E-state index in [1.807, 2.05) is 0 Å². The van der Waals surface area contributed by atoms with E-state index >= 15 is 0 Å². The minimum atomic E-state index is -4.95. The van der Waals surface area contributed by atoms with Crippen LogP contribution in [-0.2, 0) is 65.4 Å². The lowest BCUT2D eigenvalue weighted by atomic mass is 10.0. The summed E-state index contributed by atoms with van der Waals surface area (Å²) in [6, 6.07) is 0. The van der Waals surface area contributed by atoms with Gasteiger partial charge in [-0.1, -0.05) is 305 Å². The third-order valence-corrected chi connectivity index (χ3v) is 18.3. The van der Waals surface area contributed by atoms with Gasteiger partial charge in [-0.05, 0) is 43.4 Å². The molecule has 534 valence electrons. The summed E-state index contributed by atoms with van der Waals surface area (Å²) in [6.07, 6.45) is 46.2. The Morgan fingerprint density at radius 2 is 0.511 bits per heavy atom. The third-order valence-electron chi connectivity index (χ3n) is 16.4. The van der Waals surface area contributed by atoms with Gasteiger partial charge in [-0.15, -0.1) is 0 Å². The van der Waals surface area contributed by atoms with E-state index < -0.39 is 97.5 Å². The maximum Gasteiger partial charge on any atom is 0.472 e. The fourth-order valence-electron chi connectivity index (χ4n) is 10.7. The van der Waals surface area contributed by atoms with Crippen LogP contribution in [0.1, 0.15) is 357 Å². The van der Waals surface area contributed by atoms with Gasteiger partial charge in [-0.25, -0.2) is 9.13 Å². The van der Waals surface area contributed by atoms with E-state index in [1.54, 1.807) is 0 Å². The predicted molar refractivity (Wildman–Crippen MR) is 363 cm³/mol. The average molecular weight is 1330 g/mol. The van der Waals surface area contributed by atoms with Crippen molar-refractivity contribution in [1.29, 1.82) is 0 Å². The van der Waals surface area contributed by atoms with Gasteiger partial charge in [0.1, 0.15) is 19.3 Å². The van der Waals surface area contributed by atoms with Crippen LogP contribution in [0.2, 0.25) is 0 Å². The van der Waals surface area contributed by atoms with Gasteiger partial charge in [0.25, 0.3) is 0 Å². The molecule has 17 nitrogen and oxygen atoms in total. The van der Waals surface area contributed by atoms with Crippen molar-refractivity contribution in [2.24, 2.45) is 17.8 Å². The van der Waals surface area contributed by atoms with Crippen molar-refractivity contribution in [3.05, 3.63) is 0 Å². The SMILES string of the molecule is CCCCCCCC(=O)OC[C@H](COP(=O)(O)OC[C@H](O)COP(=O)(O)OC[C@@H](COC(=O)CCCCCCCCCCCCC(C)C)OC(=O)CCCCCCCCCCCCCCCCCCC(C)C)OC(=O)CCCCCCCCCCCCC(C)C. The molecule has 19 heteroatoms. The van der Waals surface area contributed by atoms with E-state index in [4.69, 9.17) is 37.0 Å². The standard InChI is InChI=1S/C71H138O17P2/c1-8-9-10-35-45-52-68(73)81-58-66(87-70(75)55-48-41-34-28-22-20-25-31-38-44-51-64(6)7)60-85-89(77,78)83-56-65(72)57-84-90(79,80)86-61-67(59-82-69(74)53-46-39-32-26-21-19-24-30-37-43-50-63(4)5)88-71(76)54-47-40-33-27-18-16-14-12-11-13-15-17-23-29-36-42-49-62(2)3/h62-67,72H,8-61H2,1-7H3,(H,77,78)(H,79,80)/t65-,66+,67+/m0/s1. The van der Waals surface area contributed by atoms with Crippen LogP contribution < -0.4 is 0 Å². The number of aliphatic hydroxyl groups is 1. The number of aliphatic hydroxyl groups excluding tert-OH is 1. The van der Waals surface area contributed by atoms with Crippen molar-refractivity contribution in [2.45, 2.75) is 375 Å². The Kier molecular flexibility index (Phi) is 60.6. The largest absolute Gasteiger partial charge is 0.472 e. The van der Waals surface area contributed by atoms with Crippen molar-refractivity contribution in [2.75, 3.05) is 39.6 Å². The molecule has 0 spiro atoms. The third kappa shape index (κ3) is 64.8. The van der Waals surface area contributed by atoms with Gasteiger partial charge >= 0.3 is 39.5 Å². The zero-order chi connectivity index (χ0) is 66.6. The first-order valence-corrected chi connectivity index (χ1v) is 39.8. The molecule has 2 unspecified atom stereocenters. The molecule has 0 heterocycles. The van der Waals surface area contributed by atoms with Gasteiger partial charge in [0.15, 0.2) is 12.2 Å². The Balaban J connectivity index is 5.14. The fraction of sp³-hybridized carbons (Fsp3) is 0.944. The first-order valence-electron chi connectivity index (χ1n) is 36.8. The molecule has 0 aliphatic rings. The summed E-state index contributed by atoms with van der Waals surface area (Å²) in [4.78, 5) is 72.3. The van der Waals surface area contributed by atoms with E-state index in [9.17, 15) is 43.2 Å². The van der Waals surface area contributed by atoms with Crippen molar-refractivity contribution in [1.82, 2.24) is 0 Å². The molecule has 5 atom stereocenters. The number of phosphoric ester groups is 2. The minimum Gasteiger partial charge on any atom is -0.462 e. The van der Waals surface area contributed by atoms with Crippen molar-refractivity contribution < 1.29 is 80.2 Å². The van der Waals surface area contributed by atoms with Gasteiger partial charge in [-0.2, -0.15) is 0 Å². The highest BCUT2D eigenvalue weighted by molar-refractivity contribution is 7.47. The second kappa shape index (κ2) is 61.9. The molecule has 0 saturated carbocycles. The Hall–Kier alpha value is -1.94. The number of rotatable bonds is 69. The zero-order valence-corrected chi connectivity index (χ0v) is 60.4. The summed E-state index contributed by atoms with van der Waals surface area (Å²) in [5, 5.41) is 10.6. The van der Waals surface area contributed by atoms with Crippen LogP contribution in [0.3, 0.4) is 0 Å². The Labute approximate surface area is 549 Å². The van der Waals surface area contributed by atoms with Crippen LogP contribution in [0.4, 0.5) is 0 Å². The summed E-state index contributed by atoms with van der Waals surface area (Å²) in [7, 11) is -9.89. The van der Waals surface area contributed by atoms with Gasteiger partial charge in [0, 0.05) is 25.7 Å². The number of carbonyl (C=O) groups excluding carboxylic acids is 4. The molecule has 0 fully saturated rings. The Morgan fingerprint density at radius 3 is 0.756 bits per heavy atom. The van der Waals surface area contributed by atoms with Crippen molar-refractivity contribution >= 4 is 39.5 Å². The molecule has 3 N–H and O–H groups in total. The number of esters is 4. The molecule has 0 bridgehead atoms. The Bertz CT molecular complexity index is 1770. The molecule has 0 aromatic heterocycles. The molecular formula is C71H138O17P2. The lowest BCUT2D eigenvalue weighted by Gasteiger charge is -2.21. The highest BCUT2D eigenvalue weighted by Crippen LogP contribution is 2.45. The van der Waals surface area contributed by atoms with Crippen LogP contribution in [0.5, 0.6) is 0 Å². The predicted octanol–water partition coefficient (Wildman–Crippen LogP) is 20.2. The summed E-state index contributed by atoms with van der Waals surface area (Å²) in [5.41, 5.74) is 0. The second-order valence-electron chi connectivity index (χ2n) is 27.1. The summed E-state index contributed by atoms with van der Waals surface area (Å²) < 4.78 is 68.1. The number of unbranched alkanes of at least 4 members (excludes halogenated alkanes) is 37. The van der Waals surface area contributed by atoms with Crippen LogP contribution in [0.25, 0.3) is 0 Å². The average Bonchev–Trinajstić information content (AvgIpc) is 3.33. The molecule has 0 aromatic rings. The highest BCUT2D eigenvalue weighted by atomic mass is 31.2. The molecule has 0 saturated heterocycles. The maximum absolute atomic E-state index is 13.0. The molecule has 90 heavy (non-hydrogen) atoms. The van der Waals surface area contributed by atoms with Crippen LogP contribution in [-0.4, -0.2) is 96.7 Å². The number of ether oxygens (including phenoxy) is 4. The van der Waals surface area contributed by atoms with E-state index in [0.29, 0.717) is 25.7 Å². The molecule has 0 aliphatic heterocycles. The maximum atomic E-state index is 13.0. The van der Waals surface area contributed by atoms with Crippen molar-refractivity contribution in [3.63, 3.8) is 0 Å². The van der Waals surface area contributed by atoms with Gasteiger partial charge in [0.2, 0.25) is 0 Å². The highest BCUT2D eigenvalue weighted by Gasteiger charge is 2.30. The van der Waals surface area contributed by atoms with E-state index in [2.05, 4.69) is 48.5 Å². The number of hydrogen-bond acceptors (Lipinski definition) is 15. The van der Waals surface area contributed by atoms with Crippen molar-refractivity contribution in [3.8, 4) is 0 Å². The number of hydrogen-bond donors (Lipinski definition) is 3. The monoisotopic (exact) mass is 1320 g/mol. The van der Waals surface area contributed by atoms with Gasteiger partial charge in [-0.3, -0.25) is 37.3 Å². The first kappa shape index (κ1) is 88.1. The molecule has 0 aliphatic carbocycles. The summed E-state index contributed by atoms with van der Waals surface area (Å²) >= 11 is 0. The molecule has 0 rings (SSSR count). The second-order valence-corrected chi connectivity index (χ2v) is 30.0. The zero-order valence-electron chi connectivity index (χ0n) is 58.6. The van der Waals surface area contributed by atoms with Gasteiger partial charge < -0.3 is 33.8 Å². The van der Waals surface area contributed by atoms with E-state index in [-0.39, 0.29) is 25.7 Å². The lowest BCUT2D eigenvalue weighted by Crippen LogP contribution is -2.30. The normalized spacial score (nSPS) is 14.2. The Morgan fingerprint density at radius 1 is 0.300 bits per heavy atom. The topological polar surface area (TPSA) is 237 Å². The van der Waals surface area contributed by atoms with Crippen LogP contribution >= 0.6 is 15.6 Å². The summed E-state index contributed by atoms with van der Waals surface area (Å²) in [6.45, 7) is 11.8. The minimum absolute atomic E-state index is 0.105. The fourth-order valence-corrected chi connectivity index (χ4v) is 12.3. The van der Waals surface area contributed by atoms with E-state index in [0.717, 1.165) is 114 Å². The van der Waals surface area contributed by atoms with Gasteiger partial charge in [0.05, 0.1) is 26.4 Å². The molecular weight excluding hydrogens is 1190 g/mol. The first-order chi connectivity index (χ1) is 43.2. The van der Waals surface area contributed by atoms with Crippen LogP contribution in [0.15, 0.2) is 0 Å². The van der Waals surface area contributed by atoms with Crippen LogP contribution in [0, 0.1) is 17.8 Å².